The lowest BCUT2D eigenvalue weighted by Crippen LogP contribution is -2.25. The van der Waals surface area contributed by atoms with Crippen molar-refractivity contribution in [3.8, 4) is 0 Å². The molecule has 1 aromatic carbocycles. The molecule has 3 N–H and O–H groups in total. The van der Waals surface area contributed by atoms with Crippen molar-refractivity contribution in [2.24, 2.45) is 17.6 Å². The van der Waals surface area contributed by atoms with Gasteiger partial charge in [-0.15, -0.1) is 0 Å². The quantitative estimate of drug-likeness (QED) is 0.814. The van der Waals surface area contributed by atoms with E-state index in [0.29, 0.717) is 12.3 Å². The molecule has 0 saturated heterocycles. The Balaban J connectivity index is 2.67. The predicted octanol–water partition coefficient (Wildman–Crippen LogP) is 2.53. The van der Waals surface area contributed by atoms with Crippen LogP contribution in [0.5, 0.6) is 0 Å². The van der Waals surface area contributed by atoms with E-state index < -0.39 is 11.9 Å². The lowest BCUT2D eigenvalue weighted by atomic mass is 9.88. The molecular weight excluding hydrogens is 226 g/mol. The number of rotatable bonds is 6. The number of carboxylic acids is 1. The minimum atomic E-state index is -0.787. The van der Waals surface area contributed by atoms with Gasteiger partial charge in [0, 0.05) is 6.54 Å². The van der Waals surface area contributed by atoms with Crippen LogP contribution in [0, 0.1) is 25.7 Å². The summed E-state index contributed by atoms with van der Waals surface area (Å²) in [6, 6.07) is 6.28. The molecule has 0 amide bonds. The Kier molecular flexibility index (Phi) is 5.35. The van der Waals surface area contributed by atoms with Gasteiger partial charge in [-0.1, -0.05) is 25.1 Å². The number of carboxylic acid groups (broad SMARTS) is 1. The van der Waals surface area contributed by atoms with E-state index in [2.05, 4.69) is 39.0 Å². The third kappa shape index (κ3) is 3.84. The summed E-state index contributed by atoms with van der Waals surface area (Å²) in [4.78, 5) is 11.0. The van der Waals surface area contributed by atoms with Gasteiger partial charge in [-0.3, -0.25) is 4.79 Å². The van der Waals surface area contributed by atoms with Crippen molar-refractivity contribution in [1.29, 1.82) is 0 Å². The molecule has 1 aromatic rings. The van der Waals surface area contributed by atoms with Crippen LogP contribution < -0.4 is 5.73 Å². The van der Waals surface area contributed by atoms with Crippen molar-refractivity contribution in [3.05, 3.63) is 34.9 Å². The van der Waals surface area contributed by atoms with Crippen LogP contribution in [0.15, 0.2) is 18.2 Å². The van der Waals surface area contributed by atoms with E-state index in [1.807, 2.05) is 0 Å². The first-order chi connectivity index (χ1) is 8.45. The standard InChI is InChI=1S/C15H23NO2/c1-10(8-14(9-16)15(17)18)7-13-6-4-5-11(2)12(13)3/h4-6,10,14H,7-9,16H2,1-3H3,(H,17,18). The van der Waals surface area contributed by atoms with Crippen molar-refractivity contribution < 1.29 is 9.90 Å². The molecule has 0 heterocycles. The van der Waals surface area contributed by atoms with Crippen LogP contribution in [0.25, 0.3) is 0 Å². The first-order valence-corrected chi connectivity index (χ1v) is 6.43. The fourth-order valence-electron chi connectivity index (χ4n) is 2.28. The number of benzene rings is 1. The number of carbonyl (C=O) groups is 1. The summed E-state index contributed by atoms with van der Waals surface area (Å²) in [5.74, 6) is -0.884. The van der Waals surface area contributed by atoms with E-state index in [1.54, 1.807) is 0 Å². The van der Waals surface area contributed by atoms with E-state index in [9.17, 15) is 4.79 Å². The summed E-state index contributed by atoms with van der Waals surface area (Å²) in [5, 5.41) is 9.01. The fraction of sp³-hybridized carbons (Fsp3) is 0.533. The number of hydrogen-bond acceptors (Lipinski definition) is 2. The van der Waals surface area contributed by atoms with Crippen LogP contribution in [0.3, 0.4) is 0 Å². The van der Waals surface area contributed by atoms with Crippen molar-refractivity contribution >= 4 is 5.97 Å². The van der Waals surface area contributed by atoms with E-state index >= 15 is 0 Å². The average Bonchev–Trinajstić information content (AvgIpc) is 2.31. The van der Waals surface area contributed by atoms with Crippen LogP contribution >= 0.6 is 0 Å². The van der Waals surface area contributed by atoms with E-state index in [4.69, 9.17) is 10.8 Å². The molecule has 100 valence electrons. The fourth-order valence-corrected chi connectivity index (χ4v) is 2.28. The second-order valence-corrected chi connectivity index (χ2v) is 5.17. The lowest BCUT2D eigenvalue weighted by molar-refractivity contribution is -0.141. The zero-order valence-corrected chi connectivity index (χ0v) is 11.4. The van der Waals surface area contributed by atoms with Crippen LogP contribution in [0.2, 0.25) is 0 Å². The van der Waals surface area contributed by atoms with Gasteiger partial charge < -0.3 is 10.8 Å². The molecule has 3 heteroatoms. The smallest absolute Gasteiger partial charge is 0.307 e. The maximum Gasteiger partial charge on any atom is 0.307 e. The molecule has 3 nitrogen and oxygen atoms in total. The Morgan fingerprint density at radius 2 is 2.06 bits per heavy atom. The molecule has 0 aliphatic heterocycles. The van der Waals surface area contributed by atoms with E-state index in [-0.39, 0.29) is 6.54 Å². The molecule has 0 saturated carbocycles. The summed E-state index contributed by atoms with van der Waals surface area (Å²) in [6.07, 6.45) is 1.55. The van der Waals surface area contributed by atoms with Crippen LogP contribution in [0.1, 0.15) is 30.0 Å². The Labute approximate surface area is 109 Å². The van der Waals surface area contributed by atoms with Crippen molar-refractivity contribution in [1.82, 2.24) is 0 Å². The molecule has 0 aliphatic rings. The summed E-state index contributed by atoms with van der Waals surface area (Å²) < 4.78 is 0. The van der Waals surface area contributed by atoms with Crippen molar-refractivity contribution in [2.75, 3.05) is 6.54 Å². The first-order valence-electron chi connectivity index (χ1n) is 6.43. The Hall–Kier alpha value is -1.35. The number of nitrogens with two attached hydrogens (primary N) is 1. The van der Waals surface area contributed by atoms with Gasteiger partial charge in [-0.2, -0.15) is 0 Å². The van der Waals surface area contributed by atoms with Gasteiger partial charge in [0.2, 0.25) is 0 Å². The molecule has 0 bridgehead atoms. The van der Waals surface area contributed by atoms with Gasteiger partial charge in [0.1, 0.15) is 0 Å². The second-order valence-electron chi connectivity index (χ2n) is 5.17. The van der Waals surface area contributed by atoms with Crippen molar-refractivity contribution in [3.63, 3.8) is 0 Å². The summed E-state index contributed by atoms with van der Waals surface area (Å²) >= 11 is 0. The van der Waals surface area contributed by atoms with Crippen LogP contribution in [0.4, 0.5) is 0 Å². The summed E-state index contributed by atoms with van der Waals surface area (Å²) in [6.45, 7) is 6.53. The molecule has 0 aliphatic carbocycles. The topological polar surface area (TPSA) is 63.3 Å². The largest absolute Gasteiger partial charge is 0.481 e. The van der Waals surface area contributed by atoms with Gasteiger partial charge in [-0.25, -0.2) is 0 Å². The highest BCUT2D eigenvalue weighted by Gasteiger charge is 2.19. The Bertz CT molecular complexity index is 415. The zero-order valence-electron chi connectivity index (χ0n) is 11.4. The van der Waals surface area contributed by atoms with E-state index in [0.717, 1.165) is 6.42 Å². The van der Waals surface area contributed by atoms with Crippen molar-refractivity contribution in [2.45, 2.75) is 33.6 Å². The molecule has 18 heavy (non-hydrogen) atoms. The van der Waals surface area contributed by atoms with Crippen LogP contribution in [-0.2, 0) is 11.2 Å². The maximum absolute atomic E-state index is 11.0. The number of aliphatic carboxylic acids is 1. The molecule has 0 radical (unpaired) electrons. The highest BCUT2D eigenvalue weighted by molar-refractivity contribution is 5.70. The van der Waals surface area contributed by atoms with Gasteiger partial charge in [0.15, 0.2) is 0 Å². The van der Waals surface area contributed by atoms with Gasteiger partial charge in [-0.05, 0) is 49.3 Å². The number of hydrogen-bond donors (Lipinski definition) is 2. The highest BCUT2D eigenvalue weighted by atomic mass is 16.4. The van der Waals surface area contributed by atoms with E-state index in [1.165, 1.54) is 16.7 Å². The molecule has 0 fully saturated rings. The molecule has 1 rings (SSSR count). The monoisotopic (exact) mass is 249 g/mol. The molecule has 2 unspecified atom stereocenters. The third-order valence-electron chi connectivity index (χ3n) is 3.61. The van der Waals surface area contributed by atoms with Gasteiger partial charge >= 0.3 is 5.97 Å². The Morgan fingerprint density at radius 1 is 1.39 bits per heavy atom. The second kappa shape index (κ2) is 6.55. The first kappa shape index (κ1) is 14.7. The predicted molar refractivity (Wildman–Crippen MR) is 73.6 cm³/mol. The summed E-state index contributed by atoms with van der Waals surface area (Å²) in [7, 11) is 0. The Morgan fingerprint density at radius 3 is 2.61 bits per heavy atom. The highest BCUT2D eigenvalue weighted by Crippen LogP contribution is 2.21. The number of aryl methyl sites for hydroxylation is 1. The van der Waals surface area contributed by atoms with Gasteiger partial charge in [0.05, 0.1) is 5.92 Å². The van der Waals surface area contributed by atoms with Crippen LogP contribution in [-0.4, -0.2) is 17.6 Å². The maximum atomic E-state index is 11.0. The minimum Gasteiger partial charge on any atom is -0.481 e. The average molecular weight is 249 g/mol. The normalized spacial score (nSPS) is 14.2. The molecule has 0 spiro atoms. The SMILES string of the molecule is Cc1cccc(CC(C)CC(CN)C(=O)O)c1C. The molecule has 0 aromatic heterocycles. The summed E-state index contributed by atoms with van der Waals surface area (Å²) in [5.41, 5.74) is 9.39. The lowest BCUT2D eigenvalue weighted by Gasteiger charge is -2.18. The minimum absolute atomic E-state index is 0.215. The van der Waals surface area contributed by atoms with Gasteiger partial charge in [0.25, 0.3) is 0 Å². The molecule has 2 atom stereocenters. The molecular formula is C15H23NO2. The third-order valence-corrected chi connectivity index (χ3v) is 3.61. The zero-order chi connectivity index (χ0) is 13.7.